The van der Waals surface area contributed by atoms with Gasteiger partial charge in [-0.2, -0.15) is 0 Å². The number of nitrogens with one attached hydrogen (secondary N) is 1. The lowest BCUT2D eigenvalue weighted by molar-refractivity contribution is -0.140. The van der Waals surface area contributed by atoms with E-state index >= 15 is 0 Å². The van der Waals surface area contributed by atoms with E-state index in [-0.39, 0.29) is 41.8 Å². The molecule has 2 bridgehead atoms. The normalized spacial score (nSPS) is 23.6. The summed E-state index contributed by atoms with van der Waals surface area (Å²) in [6.45, 7) is 5.66. The lowest BCUT2D eigenvalue weighted by atomic mass is 9.97. The number of anilines is 1. The maximum absolute atomic E-state index is 12.6. The Morgan fingerprint density at radius 3 is 2.48 bits per heavy atom. The molecule has 1 N–H and O–H groups in total. The number of fused-ring (bicyclic) bond motifs is 2. The maximum Gasteiger partial charge on any atom is 0.410 e. The second-order valence-electron chi connectivity index (χ2n) is 8.70. The molecule has 2 fully saturated rings. The highest BCUT2D eigenvalue weighted by Crippen LogP contribution is 2.38. The summed E-state index contributed by atoms with van der Waals surface area (Å²) >= 11 is 6.00. The molecule has 2 aliphatic rings. The van der Waals surface area contributed by atoms with Crippen molar-refractivity contribution < 1.29 is 19.1 Å². The van der Waals surface area contributed by atoms with E-state index in [1.807, 2.05) is 25.7 Å². The number of rotatable bonds is 5. The van der Waals surface area contributed by atoms with Gasteiger partial charge >= 0.3 is 12.1 Å². The van der Waals surface area contributed by atoms with Crippen LogP contribution in [0, 0.1) is 0 Å². The van der Waals surface area contributed by atoms with Gasteiger partial charge in [-0.3, -0.25) is 4.79 Å². The molecule has 1 aromatic heterocycles. The van der Waals surface area contributed by atoms with Crippen molar-refractivity contribution in [3.8, 4) is 0 Å². The number of piperidine rings is 1. The van der Waals surface area contributed by atoms with Crippen LogP contribution in [0.2, 0.25) is 5.15 Å². The number of aryl methyl sites for hydroxylation is 1. The van der Waals surface area contributed by atoms with E-state index in [0.717, 1.165) is 31.2 Å². The number of halogens is 1. The van der Waals surface area contributed by atoms with Gasteiger partial charge in [0.2, 0.25) is 0 Å². The fourth-order valence-corrected chi connectivity index (χ4v) is 4.32. The second kappa shape index (κ2) is 8.73. The maximum atomic E-state index is 12.6. The number of hydrogen-bond acceptors (Lipinski definition) is 7. The van der Waals surface area contributed by atoms with E-state index in [1.165, 1.54) is 7.11 Å². The van der Waals surface area contributed by atoms with Crippen LogP contribution in [0.3, 0.4) is 0 Å². The molecule has 2 aliphatic heterocycles. The van der Waals surface area contributed by atoms with E-state index in [2.05, 4.69) is 15.5 Å². The van der Waals surface area contributed by atoms with Crippen LogP contribution in [-0.4, -0.2) is 58.0 Å². The second-order valence-corrected chi connectivity index (χ2v) is 9.09. The highest BCUT2D eigenvalue weighted by molar-refractivity contribution is 6.29. The van der Waals surface area contributed by atoms with E-state index < -0.39 is 5.60 Å². The summed E-state index contributed by atoms with van der Waals surface area (Å²) in [5.41, 5.74) is 0.330. The molecule has 0 spiro atoms. The molecule has 8 nitrogen and oxygen atoms in total. The Labute approximate surface area is 176 Å². The molecule has 0 aromatic carbocycles. The van der Waals surface area contributed by atoms with Gasteiger partial charge in [-0.05, 0) is 58.9 Å². The summed E-state index contributed by atoms with van der Waals surface area (Å²) in [5.74, 6) is 0.348. The highest BCUT2D eigenvalue weighted by atomic mass is 35.5. The van der Waals surface area contributed by atoms with Crippen LogP contribution in [0.25, 0.3) is 0 Å². The van der Waals surface area contributed by atoms with Crippen LogP contribution in [0.4, 0.5) is 10.6 Å². The molecule has 3 atom stereocenters. The minimum atomic E-state index is -0.501. The number of amides is 1. The number of hydrogen-bond donors (Lipinski definition) is 1. The third-order valence-corrected chi connectivity index (χ3v) is 5.53. The quantitative estimate of drug-likeness (QED) is 0.722. The van der Waals surface area contributed by atoms with Crippen molar-refractivity contribution >= 4 is 29.5 Å². The van der Waals surface area contributed by atoms with Gasteiger partial charge in [0.25, 0.3) is 0 Å². The molecule has 0 radical (unpaired) electrons. The van der Waals surface area contributed by atoms with Crippen LogP contribution >= 0.6 is 11.6 Å². The number of aromatic nitrogens is 2. The van der Waals surface area contributed by atoms with Crippen LogP contribution in [0.15, 0.2) is 6.07 Å². The Balaban J connectivity index is 1.66. The molecule has 160 valence electrons. The van der Waals surface area contributed by atoms with E-state index in [9.17, 15) is 9.59 Å². The average molecular weight is 425 g/mol. The van der Waals surface area contributed by atoms with Crippen molar-refractivity contribution in [1.82, 2.24) is 15.1 Å². The van der Waals surface area contributed by atoms with Gasteiger partial charge in [-0.15, -0.1) is 10.2 Å². The predicted octanol–water partition coefficient (Wildman–Crippen LogP) is 3.58. The van der Waals surface area contributed by atoms with Crippen LogP contribution in [-0.2, 0) is 20.7 Å². The monoisotopic (exact) mass is 424 g/mol. The first-order chi connectivity index (χ1) is 13.7. The van der Waals surface area contributed by atoms with Crippen molar-refractivity contribution in [2.75, 3.05) is 12.4 Å². The first-order valence-corrected chi connectivity index (χ1v) is 10.4. The summed E-state index contributed by atoms with van der Waals surface area (Å²) in [4.78, 5) is 26.0. The Bertz CT molecular complexity index is 753. The summed E-state index contributed by atoms with van der Waals surface area (Å²) < 4.78 is 10.3. The molecular formula is C20H29ClN4O4. The Hall–Kier alpha value is -2.09. The van der Waals surface area contributed by atoms with Gasteiger partial charge in [0.15, 0.2) is 11.0 Å². The third-order valence-electron chi connectivity index (χ3n) is 5.35. The van der Waals surface area contributed by atoms with E-state index in [0.29, 0.717) is 12.2 Å². The minimum absolute atomic E-state index is 0.153. The SMILES string of the molecule is COC(=O)CCc1cc(Cl)nnc1NC1C[C@H]2CC[C@@H](C1)N2C(=O)OC(C)(C)C. The largest absolute Gasteiger partial charge is 0.469 e. The molecule has 0 aliphatic carbocycles. The topological polar surface area (TPSA) is 93.6 Å². The van der Waals surface area contributed by atoms with Gasteiger partial charge in [-0.25, -0.2) is 4.79 Å². The first-order valence-electron chi connectivity index (χ1n) is 10.0. The van der Waals surface area contributed by atoms with Crippen molar-refractivity contribution in [2.45, 2.75) is 83.0 Å². The fraction of sp³-hybridized carbons (Fsp3) is 0.700. The minimum Gasteiger partial charge on any atom is -0.469 e. The van der Waals surface area contributed by atoms with Crippen LogP contribution < -0.4 is 5.32 Å². The molecule has 29 heavy (non-hydrogen) atoms. The lowest BCUT2D eigenvalue weighted by Crippen LogP contribution is -2.51. The van der Waals surface area contributed by atoms with Crippen LogP contribution in [0.5, 0.6) is 0 Å². The van der Waals surface area contributed by atoms with Gasteiger partial charge in [0.05, 0.1) is 7.11 Å². The molecule has 1 aromatic rings. The number of ether oxygens (including phenoxy) is 2. The molecule has 3 heterocycles. The molecule has 1 unspecified atom stereocenters. The molecule has 1 amide bonds. The standard InChI is InChI=1S/C20H29ClN4O4/c1-20(2,3)29-19(27)25-14-6-7-15(25)11-13(10-14)22-18-12(5-8-17(26)28-4)9-16(21)23-24-18/h9,13-15H,5-8,10-11H2,1-4H3,(H,22,24)/t13?,14-,15+. The fourth-order valence-electron chi connectivity index (χ4n) is 4.15. The van der Waals surface area contributed by atoms with Crippen molar-refractivity contribution in [3.63, 3.8) is 0 Å². The lowest BCUT2D eigenvalue weighted by Gasteiger charge is -2.39. The molecule has 9 heteroatoms. The first kappa shape index (κ1) is 21.6. The number of carbonyl (C=O) groups excluding carboxylic acids is 2. The van der Waals surface area contributed by atoms with E-state index in [4.69, 9.17) is 21.1 Å². The van der Waals surface area contributed by atoms with Crippen molar-refractivity contribution in [2.24, 2.45) is 0 Å². The molecular weight excluding hydrogens is 396 g/mol. The van der Waals surface area contributed by atoms with Crippen molar-refractivity contribution in [3.05, 3.63) is 16.8 Å². The number of carbonyl (C=O) groups is 2. The summed E-state index contributed by atoms with van der Waals surface area (Å²) in [5, 5.41) is 11.9. The molecule has 3 rings (SSSR count). The number of esters is 1. The third kappa shape index (κ3) is 5.50. The van der Waals surface area contributed by atoms with Crippen LogP contribution in [0.1, 0.15) is 58.4 Å². The van der Waals surface area contributed by atoms with Gasteiger partial charge in [0, 0.05) is 30.1 Å². The average Bonchev–Trinajstić information content (AvgIpc) is 2.91. The Morgan fingerprint density at radius 2 is 1.90 bits per heavy atom. The number of nitrogens with zero attached hydrogens (tertiary/aromatic N) is 3. The highest BCUT2D eigenvalue weighted by Gasteiger charge is 2.45. The summed E-state index contributed by atoms with van der Waals surface area (Å²) in [7, 11) is 1.37. The predicted molar refractivity (Wildman–Crippen MR) is 109 cm³/mol. The zero-order valence-corrected chi connectivity index (χ0v) is 18.2. The molecule has 0 saturated carbocycles. The van der Waals surface area contributed by atoms with Gasteiger partial charge < -0.3 is 19.7 Å². The zero-order chi connectivity index (χ0) is 21.2. The Morgan fingerprint density at radius 1 is 1.24 bits per heavy atom. The van der Waals surface area contributed by atoms with Crippen molar-refractivity contribution in [1.29, 1.82) is 0 Å². The van der Waals surface area contributed by atoms with Gasteiger partial charge in [0.1, 0.15) is 5.60 Å². The van der Waals surface area contributed by atoms with E-state index in [1.54, 1.807) is 6.07 Å². The zero-order valence-electron chi connectivity index (χ0n) is 17.4. The Kier molecular flexibility index (Phi) is 6.51. The smallest absolute Gasteiger partial charge is 0.410 e. The van der Waals surface area contributed by atoms with Gasteiger partial charge in [-0.1, -0.05) is 11.6 Å². The number of methoxy groups -OCH3 is 1. The summed E-state index contributed by atoms with van der Waals surface area (Å²) in [6.07, 6.45) is 4.07. The summed E-state index contributed by atoms with van der Waals surface area (Å²) in [6, 6.07) is 2.20. The molecule has 2 saturated heterocycles.